The van der Waals surface area contributed by atoms with Crippen molar-refractivity contribution in [2.24, 2.45) is 0 Å². The van der Waals surface area contributed by atoms with E-state index >= 15 is 0 Å². The molecule has 0 radical (unpaired) electrons. The van der Waals surface area contributed by atoms with Gasteiger partial charge in [-0.1, -0.05) is 30.3 Å². The molecule has 0 unspecified atom stereocenters. The molecule has 0 spiro atoms. The van der Waals surface area contributed by atoms with Crippen molar-refractivity contribution in [3.63, 3.8) is 0 Å². The Hall–Kier alpha value is -2.45. The van der Waals surface area contributed by atoms with Crippen LogP contribution >= 0.6 is 0 Å². The molecule has 30 heavy (non-hydrogen) atoms. The molecule has 8 heteroatoms. The predicted molar refractivity (Wildman–Crippen MR) is 106 cm³/mol. The second-order valence-corrected chi connectivity index (χ2v) is 7.47. The molecule has 1 N–H and O–H groups in total. The van der Waals surface area contributed by atoms with Crippen LogP contribution in [0.3, 0.4) is 0 Å². The molecule has 1 heterocycles. The number of halogens is 4. The lowest BCUT2D eigenvalue weighted by Gasteiger charge is -2.23. The van der Waals surface area contributed by atoms with Crippen LogP contribution in [0.15, 0.2) is 48.5 Å². The molecule has 0 saturated carbocycles. The first-order valence-corrected chi connectivity index (χ1v) is 9.92. The van der Waals surface area contributed by atoms with Gasteiger partial charge in [0.25, 0.3) is 0 Å². The lowest BCUT2D eigenvalue weighted by molar-refractivity contribution is -0.138. The van der Waals surface area contributed by atoms with Crippen LogP contribution in [0.5, 0.6) is 0 Å². The molecule has 0 atom stereocenters. The second-order valence-electron chi connectivity index (χ2n) is 7.47. The van der Waals surface area contributed by atoms with Crippen molar-refractivity contribution in [3.05, 3.63) is 71.0 Å². The van der Waals surface area contributed by atoms with E-state index in [4.69, 9.17) is 0 Å². The van der Waals surface area contributed by atoms with E-state index < -0.39 is 17.6 Å². The van der Waals surface area contributed by atoms with E-state index in [0.29, 0.717) is 32.7 Å². The number of nitrogens with one attached hydrogen (secondary N) is 1. The predicted octanol–water partition coefficient (Wildman–Crippen LogP) is 3.67. The number of amides is 1. The first kappa shape index (κ1) is 22.2. The smallest absolute Gasteiger partial charge is 0.351 e. The third-order valence-electron chi connectivity index (χ3n) is 5.15. The number of hydrogen-bond donors (Lipinski definition) is 1. The molecule has 1 amide bonds. The Bertz CT molecular complexity index is 842. The van der Waals surface area contributed by atoms with E-state index in [0.717, 1.165) is 30.2 Å². The van der Waals surface area contributed by atoms with Gasteiger partial charge >= 0.3 is 6.18 Å². The lowest BCUT2D eigenvalue weighted by atomic mass is 10.1. The average Bonchev–Trinajstić information content (AvgIpc) is 2.91. The number of hydrogen-bond acceptors (Lipinski definition) is 3. The molecular weight excluding hydrogens is 398 g/mol. The van der Waals surface area contributed by atoms with Gasteiger partial charge in [0.2, 0.25) is 5.91 Å². The van der Waals surface area contributed by atoms with Crippen molar-refractivity contribution in [2.75, 3.05) is 32.7 Å². The van der Waals surface area contributed by atoms with E-state index in [2.05, 4.69) is 5.32 Å². The molecule has 1 aliphatic heterocycles. The Morgan fingerprint density at radius 3 is 2.40 bits per heavy atom. The summed E-state index contributed by atoms with van der Waals surface area (Å²) in [6, 6.07) is 12.2. The minimum absolute atomic E-state index is 0.0284. The van der Waals surface area contributed by atoms with Crippen LogP contribution in [0.2, 0.25) is 0 Å². The fourth-order valence-electron chi connectivity index (χ4n) is 3.61. The maximum absolute atomic E-state index is 13.5. The van der Waals surface area contributed by atoms with Crippen LogP contribution in [0.4, 0.5) is 17.6 Å². The van der Waals surface area contributed by atoms with Gasteiger partial charge in [-0.2, -0.15) is 13.2 Å². The highest BCUT2D eigenvalue weighted by Crippen LogP contribution is 2.33. The molecule has 1 saturated heterocycles. The van der Waals surface area contributed by atoms with E-state index in [1.54, 1.807) is 0 Å². The van der Waals surface area contributed by atoms with Gasteiger partial charge < -0.3 is 5.32 Å². The van der Waals surface area contributed by atoms with Crippen LogP contribution in [0.25, 0.3) is 0 Å². The van der Waals surface area contributed by atoms with E-state index in [1.165, 1.54) is 0 Å². The summed E-state index contributed by atoms with van der Waals surface area (Å²) in [6.45, 7) is 3.09. The van der Waals surface area contributed by atoms with Gasteiger partial charge in [-0.15, -0.1) is 0 Å². The molecule has 1 aliphatic rings. The van der Waals surface area contributed by atoms with E-state index in [1.807, 2.05) is 40.1 Å². The van der Waals surface area contributed by atoms with Gasteiger partial charge in [0.05, 0.1) is 12.1 Å². The van der Waals surface area contributed by atoms with Crippen LogP contribution in [0, 0.1) is 5.82 Å². The summed E-state index contributed by atoms with van der Waals surface area (Å²) in [5.41, 5.74) is 0.158. The molecule has 2 aromatic carbocycles. The van der Waals surface area contributed by atoms with Crippen LogP contribution in [-0.2, 0) is 24.1 Å². The van der Waals surface area contributed by atoms with Crippen molar-refractivity contribution in [1.82, 2.24) is 15.1 Å². The Balaban J connectivity index is 1.52. The zero-order valence-electron chi connectivity index (χ0n) is 16.6. The van der Waals surface area contributed by atoms with Gasteiger partial charge in [0, 0.05) is 26.2 Å². The fraction of sp³-hybridized carbons (Fsp3) is 0.409. The number of alkyl halides is 3. The van der Waals surface area contributed by atoms with Crippen LogP contribution in [-0.4, -0.2) is 48.4 Å². The van der Waals surface area contributed by atoms with Gasteiger partial charge in [0.1, 0.15) is 5.82 Å². The summed E-state index contributed by atoms with van der Waals surface area (Å²) in [5, 5.41) is 2.89. The van der Waals surface area contributed by atoms with Crippen LogP contribution in [0.1, 0.15) is 23.1 Å². The summed E-state index contributed by atoms with van der Waals surface area (Å²) < 4.78 is 53.2. The molecule has 2 aromatic rings. The number of benzene rings is 2. The number of carbonyl (C=O) groups is 1. The number of rotatable bonds is 6. The molecule has 3 rings (SSSR count). The molecular formula is C22H25F4N3O. The van der Waals surface area contributed by atoms with Crippen molar-refractivity contribution < 1.29 is 22.4 Å². The number of nitrogens with zero attached hydrogens (tertiary/aromatic N) is 2. The molecule has 0 bridgehead atoms. The number of carbonyl (C=O) groups excluding carboxylic acids is 1. The van der Waals surface area contributed by atoms with Gasteiger partial charge in [-0.05, 0) is 48.8 Å². The van der Waals surface area contributed by atoms with Crippen molar-refractivity contribution >= 4 is 5.91 Å². The Morgan fingerprint density at radius 2 is 1.67 bits per heavy atom. The molecule has 4 nitrogen and oxygen atoms in total. The quantitative estimate of drug-likeness (QED) is 0.721. The SMILES string of the molecule is O=C(CN1CCCN(Cc2cc(F)ccc2C(F)(F)F)CC1)NCc1ccccc1. The topological polar surface area (TPSA) is 35.6 Å². The Kier molecular flexibility index (Phi) is 7.44. The summed E-state index contributed by atoms with van der Waals surface area (Å²) in [5.74, 6) is -0.763. The van der Waals surface area contributed by atoms with Crippen molar-refractivity contribution in [2.45, 2.75) is 25.7 Å². The Morgan fingerprint density at radius 1 is 0.967 bits per heavy atom. The summed E-state index contributed by atoms with van der Waals surface area (Å²) in [7, 11) is 0. The van der Waals surface area contributed by atoms with Crippen molar-refractivity contribution in [1.29, 1.82) is 0 Å². The third kappa shape index (κ3) is 6.53. The minimum Gasteiger partial charge on any atom is -0.351 e. The molecule has 1 fully saturated rings. The largest absolute Gasteiger partial charge is 0.416 e. The van der Waals surface area contributed by atoms with Crippen LogP contribution < -0.4 is 5.32 Å². The maximum atomic E-state index is 13.5. The monoisotopic (exact) mass is 423 g/mol. The molecule has 0 aliphatic carbocycles. The third-order valence-corrected chi connectivity index (χ3v) is 5.15. The first-order valence-electron chi connectivity index (χ1n) is 9.92. The normalized spacial score (nSPS) is 16.3. The molecule has 0 aromatic heterocycles. The standard InChI is InChI=1S/C22H25F4N3O/c23-19-7-8-20(22(24,25)26)18(13-19)15-28-9-4-10-29(12-11-28)16-21(30)27-14-17-5-2-1-3-6-17/h1-3,5-8,13H,4,9-12,14-16H2,(H,27,30). The zero-order chi connectivity index (χ0) is 21.6. The van der Waals surface area contributed by atoms with Gasteiger partial charge in [-0.25, -0.2) is 4.39 Å². The van der Waals surface area contributed by atoms with Gasteiger partial charge in [-0.3, -0.25) is 14.6 Å². The fourth-order valence-corrected chi connectivity index (χ4v) is 3.61. The highest BCUT2D eigenvalue weighted by atomic mass is 19.4. The highest BCUT2D eigenvalue weighted by molar-refractivity contribution is 5.78. The van der Waals surface area contributed by atoms with E-state index in [-0.39, 0.29) is 24.6 Å². The summed E-state index contributed by atoms with van der Waals surface area (Å²) >= 11 is 0. The Labute approximate surface area is 173 Å². The zero-order valence-corrected chi connectivity index (χ0v) is 16.6. The van der Waals surface area contributed by atoms with Crippen molar-refractivity contribution in [3.8, 4) is 0 Å². The minimum atomic E-state index is -4.52. The highest BCUT2D eigenvalue weighted by Gasteiger charge is 2.34. The van der Waals surface area contributed by atoms with E-state index in [9.17, 15) is 22.4 Å². The first-order chi connectivity index (χ1) is 14.3. The average molecular weight is 423 g/mol. The summed E-state index contributed by atoms with van der Waals surface area (Å²) in [6.07, 6.45) is -3.79. The maximum Gasteiger partial charge on any atom is 0.416 e. The summed E-state index contributed by atoms with van der Waals surface area (Å²) in [4.78, 5) is 16.1. The van der Waals surface area contributed by atoms with Gasteiger partial charge in [0.15, 0.2) is 0 Å². The molecule has 162 valence electrons. The lowest BCUT2D eigenvalue weighted by Crippen LogP contribution is -2.39. The second kappa shape index (κ2) is 10.0.